The minimum Gasteiger partial charge on any atom is -0.488 e. The van der Waals surface area contributed by atoms with Crippen LogP contribution in [0.25, 0.3) is 21.8 Å². The minimum atomic E-state index is -0.788. The van der Waals surface area contributed by atoms with E-state index in [0.717, 1.165) is 16.5 Å². The number of ether oxygens (including phenoxy) is 3. The van der Waals surface area contributed by atoms with Crippen LogP contribution >= 0.6 is 11.6 Å². The first-order chi connectivity index (χ1) is 25.4. The Labute approximate surface area is 304 Å². The number of amides is 1. The lowest BCUT2D eigenvalue weighted by Crippen LogP contribution is -2.31. The summed E-state index contributed by atoms with van der Waals surface area (Å²) in [5.74, 6) is -0.549. The van der Waals surface area contributed by atoms with Crippen LogP contribution in [0.4, 0.5) is 5.69 Å². The van der Waals surface area contributed by atoms with Crippen LogP contribution in [0, 0.1) is 0 Å². The summed E-state index contributed by atoms with van der Waals surface area (Å²) < 4.78 is 18.4. The number of fused-ring (bicyclic) bond motifs is 2. The number of aromatic amines is 1. The van der Waals surface area contributed by atoms with Gasteiger partial charge in [0.2, 0.25) is 0 Å². The molecule has 0 saturated heterocycles. The summed E-state index contributed by atoms with van der Waals surface area (Å²) in [5, 5.41) is 1.37. The molecule has 0 unspecified atom stereocenters. The van der Waals surface area contributed by atoms with Gasteiger partial charge in [0.05, 0.1) is 22.3 Å². The van der Waals surface area contributed by atoms with Crippen molar-refractivity contribution in [2.75, 3.05) is 11.4 Å². The maximum atomic E-state index is 14.5. The van der Waals surface area contributed by atoms with E-state index in [1.165, 1.54) is 29.3 Å². The zero-order valence-corrected chi connectivity index (χ0v) is 28.8. The number of nitrogens with zero attached hydrogens (tertiary/aromatic N) is 2. The van der Waals surface area contributed by atoms with Crippen molar-refractivity contribution in [2.24, 2.45) is 0 Å². The van der Waals surface area contributed by atoms with Crippen LogP contribution in [0.1, 0.15) is 38.8 Å². The normalized spacial score (nSPS) is 11.0. The molecule has 7 rings (SSSR count). The van der Waals surface area contributed by atoms with Crippen LogP contribution in [0.2, 0.25) is 5.02 Å². The highest BCUT2D eigenvalue weighted by atomic mass is 35.5. The van der Waals surface area contributed by atoms with E-state index in [0.29, 0.717) is 27.4 Å². The van der Waals surface area contributed by atoms with Crippen molar-refractivity contribution >= 4 is 51.0 Å². The van der Waals surface area contributed by atoms with Crippen LogP contribution in [-0.2, 0) is 13.2 Å². The predicted octanol–water partition coefficient (Wildman–Crippen LogP) is 8.77. The zero-order valence-electron chi connectivity index (χ0n) is 28.0. The van der Waals surface area contributed by atoms with Gasteiger partial charge in [0.25, 0.3) is 5.91 Å². The molecule has 0 aliphatic carbocycles. The Balaban J connectivity index is 1.24. The lowest BCUT2D eigenvalue weighted by atomic mass is 10.1. The molecule has 0 radical (unpaired) electrons. The Morgan fingerprint density at radius 3 is 2.13 bits per heavy atom. The number of pyridine rings is 2. The quantitative estimate of drug-likeness (QED) is 0.106. The van der Waals surface area contributed by atoms with Crippen molar-refractivity contribution in [1.29, 1.82) is 0 Å². The summed E-state index contributed by atoms with van der Waals surface area (Å²) in [6.45, 7) is 2.41. The number of rotatable bonds is 11. The molecule has 10 heteroatoms. The molecule has 2 aromatic heterocycles. The molecule has 0 aliphatic heterocycles. The summed E-state index contributed by atoms with van der Waals surface area (Å²) in [6, 6.07) is 35.4. The molecule has 52 heavy (non-hydrogen) atoms. The molecule has 5 aromatic carbocycles. The van der Waals surface area contributed by atoms with E-state index in [1.54, 1.807) is 42.6 Å². The number of carbonyl (C=O) groups excluding carboxylic acids is 2. The van der Waals surface area contributed by atoms with Gasteiger partial charge < -0.3 is 24.1 Å². The Morgan fingerprint density at radius 2 is 1.44 bits per heavy atom. The Morgan fingerprint density at radius 1 is 0.750 bits per heavy atom. The third-order valence-corrected chi connectivity index (χ3v) is 8.70. The van der Waals surface area contributed by atoms with Gasteiger partial charge in [-0.3, -0.25) is 14.6 Å². The van der Waals surface area contributed by atoms with E-state index < -0.39 is 11.9 Å². The molecule has 0 fully saturated rings. The predicted molar refractivity (Wildman–Crippen MR) is 202 cm³/mol. The number of benzene rings is 5. The first kappa shape index (κ1) is 34.0. The summed E-state index contributed by atoms with van der Waals surface area (Å²) in [6.07, 6.45) is 3.21. The number of hydrogen-bond acceptors (Lipinski definition) is 7. The first-order valence-electron chi connectivity index (χ1n) is 16.6. The molecule has 258 valence electrons. The number of esters is 1. The first-order valence-corrected chi connectivity index (χ1v) is 17.0. The molecular weight excluding hydrogens is 678 g/mol. The summed E-state index contributed by atoms with van der Waals surface area (Å²) >= 11 is 6.49. The van der Waals surface area contributed by atoms with Crippen molar-refractivity contribution in [3.05, 3.63) is 171 Å². The molecule has 0 spiro atoms. The summed E-state index contributed by atoms with van der Waals surface area (Å²) in [5.41, 5.74) is 3.30. The van der Waals surface area contributed by atoms with Crippen LogP contribution in [-0.4, -0.2) is 28.4 Å². The number of hydrogen-bond donors (Lipinski definition) is 1. The van der Waals surface area contributed by atoms with Crippen molar-refractivity contribution in [1.82, 2.24) is 9.97 Å². The van der Waals surface area contributed by atoms with Gasteiger partial charge in [-0.25, -0.2) is 4.79 Å². The van der Waals surface area contributed by atoms with Crippen molar-refractivity contribution in [2.45, 2.75) is 20.1 Å². The highest BCUT2D eigenvalue weighted by Crippen LogP contribution is 2.36. The standard InChI is InChI=1S/C42H32ClN3O6/c1-2-46(41(48)32-20-29-14-9-18-44-34(29)23-39(32)50-25-27-10-5-3-6-11-27)36-21-30(43)15-16-38(36)52-42(49)33-22-31-35(45-19-17-37(31)47)24-40(33)51-26-28-12-7-4-8-13-28/h3-24H,2,25-26H2,1H3,(H,45,47). The monoisotopic (exact) mass is 709 g/mol. The maximum absolute atomic E-state index is 14.5. The van der Waals surface area contributed by atoms with Crippen molar-refractivity contribution in [3.63, 3.8) is 0 Å². The van der Waals surface area contributed by atoms with E-state index in [1.807, 2.05) is 73.7 Å². The summed E-state index contributed by atoms with van der Waals surface area (Å²) in [7, 11) is 0. The third-order valence-electron chi connectivity index (χ3n) is 8.46. The van der Waals surface area contributed by atoms with Gasteiger partial charge in [0.1, 0.15) is 30.3 Å². The third kappa shape index (κ3) is 7.35. The van der Waals surface area contributed by atoms with Crippen molar-refractivity contribution < 1.29 is 23.8 Å². The molecule has 9 nitrogen and oxygen atoms in total. The van der Waals surface area contributed by atoms with Gasteiger partial charge in [-0.15, -0.1) is 0 Å². The van der Waals surface area contributed by atoms with Crippen LogP contribution in [0.3, 0.4) is 0 Å². The van der Waals surface area contributed by atoms with Gasteiger partial charge in [0, 0.05) is 52.9 Å². The second kappa shape index (κ2) is 15.2. The van der Waals surface area contributed by atoms with Crippen LogP contribution in [0.15, 0.2) is 139 Å². The van der Waals surface area contributed by atoms with Gasteiger partial charge in [-0.1, -0.05) is 78.3 Å². The molecule has 0 saturated carbocycles. The fraction of sp³-hybridized carbons (Fsp3) is 0.0952. The molecule has 7 aromatic rings. The minimum absolute atomic E-state index is 0.0361. The second-order valence-corrected chi connectivity index (χ2v) is 12.3. The fourth-order valence-electron chi connectivity index (χ4n) is 5.85. The average Bonchev–Trinajstić information content (AvgIpc) is 3.17. The number of nitrogens with one attached hydrogen (secondary N) is 1. The van der Waals surface area contributed by atoms with E-state index in [4.69, 9.17) is 25.8 Å². The highest BCUT2D eigenvalue weighted by Gasteiger charge is 2.26. The molecule has 0 aliphatic rings. The summed E-state index contributed by atoms with van der Waals surface area (Å²) in [4.78, 5) is 50.3. The molecule has 2 heterocycles. The number of H-pyrrole nitrogens is 1. The fourth-order valence-corrected chi connectivity index (χ4v) is 6.01. The van der Waals surface area contributed by atoms with Gasteiger partial charge >= 0.3 is 5.97 Å². The van der Waals surface area contributed by atoms with Crippen molar-refractivity contribution in [3.8, 4) is 17.2 Å². The molecule has 0 bridgehead atoms. The maximum Gasteiger partial charge on any atom is 0.347 e. The molecule has 1 N–H and O–H groups in total. The SMILES string of the molecule is CCN(C(=O)c1cc2cccnc2cc1OCc1ccccc1)c1cc(Cl)ccc1OC(=O)c1cc2c(=O)cc[nH]c2cc1OCc1ccccc1. The number of carbonyl (C=O) groups is 2. The van der Waals surface area contributed by atoms with Gasteiger partial charge in [-0.2, -0.15) is 0 Å². The average molecular weight is 710 g/mol. The van der Waals surface area contributed by atoms with E-state index in [9.17, 15) is 14.4 Å². The number of anilines is 1. The topological polar surface area (TPSA) is 111 Å². The van der Waals surface area contributed by atoms with E-state index >= 15 is 0 Å². The molecule has 1 amide bonds. The van der Waals surface area contributed by atoms with E-state index in [2.05, 4.69) is 9.97 Å². The molecular formula is C42H32ClN3O6. The van der Waals surface area contributed by atoms with E-state index in [-0.39, 0.29) is 53.3 Å². The number of halogens is 1. The van der Waals surface area contributed by atoms with Crippen LogP contribution in [0.5, 0.6) is 17.2 Å². The zero-order chi connectivity index (χ0) is 36.0. The molecule has 0 atom stereocenters. The number of aromatic nitrogens is 2. The largest absolute Gasteiger partial charge is 0.488 e. The van der Waals surface area contributed by atoms with Gasteiger partial charge in [0.15, 0.2) is 11.2 Å². The smallest absolute Gasteiger partial charge is 0.347 e. The van der Waals surface area contributed by atoms with Crippen LogP contribution < -0.4 is 24.5 Å². The Hall–Kier alpha value is -6.45. The van der Waals surface area contributed by atoms with Gasteiger partial charge in [-0.05, 0) is 54.4 Å². The lowest BCUT2D eigenvalue weighted by molar-refractivity contribution is 0.0728. The highest BCUT2D eigenvalue weighted by molar-refractivity contribution is 6.31. The Bertz CT molecular complexity index is 2470. The lowest BCUT2D eigenvalue weighted by Gasteiger charge is -2.25. The Kier molecular flexibility index (Phi) is 9.95. The second-order valence-electron chi connectivity index (χ2n) is 11.9.